The molecule has 0 N–H and O–H groups in total. The molecule has 180 valence electrons. The first-order chi connectivity index (χ1) is 16.0. The number of likely N-dealkylation sites (tertiary alicyclic amines) is 1. The maximum atomic E-state index is 13.8. The molecule has 0 saturated carbocycles. The van der Waals surface area contributed by atoms with Crippen molar-refractivity contribution in [1.29, 1.82) is 0 Å². The van der Waals surface area contributed by atoms with E-state index >= 15 is 0 Å². The van der Waals surface area contributed by atoms with Crippen LogP contribution in [0, 0.1) is 0 Å². The summed E-state index contributed by atoms with van der Waals surface area (Å²) < 4.78 is 5.35. The van der Waals surface area contributed by atoms with Crippen molar-refractivity contribution in [3.8, 4) is 0 Å². The van der Waals surface area contributed by atoms with E-state index in [4.69, 9.17) is 4.74 Å². The molecule has 1 aromatic rings. The number of morpholine rings is 1. The van der Waals surface area contributed by atoms with Crippen LogP contribution in [-0.2, 0) is 19.1 Å². The minimum Gasteiger partial charge on any atom is -0.378 e. The summed E-state index contributed by atoms with van der Waals surface area (Å²) in [4.78, 5) is 46.8. The molecule has 0 aromatic heterocycles. The molecule has 1 spiro atoms. The molecular formula is C25H36N4O4. The van der Waals surface area contributed by atoms with Crippen LogP contribution in [0.1, 0.15) is 45.4 Å². The van der Waals surface area contributed by atoms with Gasteiger partial charge in [0.1, 0.15) is 12.1 Å². The van der Waals surface area contributed by atoms with Crippen molar-refractivity contribution in [2.75, 3.05) is 57.5 Å². The van der Waals surface area contributed by atoms with Gasteiger partial charge in [0, 0.05) is 38.3 Å². The zero-order chi connectivity index (χ0) is 23.3. The van der Waals surface area contributed by atoms with Gasteiger partial charge in [0.15, 0.2) is 0 Å². The van der Waals surface area contributed by atoms with Crippen LogP contribution < -0.4 is 4.90 Å². The van der Waals surface area contributed by atoms with E-state index < -0.39 is 5.54 Å². The zero-order valence-electron chi connectivity index (χ0n) is 19.7. The number of unbranched alkanes of at least 4 members (excludes halogenated alkanes) is 2. The Morgan fingerprint density at radius 1 is 0.939 bits per heavy atom. The molecular weight excluding hydrogens is 420 g/mol. The van der Waals surface area contributed by atoms with E-state index in [1.54, 1.807) is 9.80 Å². The number of amides is 3. The summed E-state index contributed by atoms with van der Waals surface area (Å²) in [5.74, 6) is 0.167. The van der Waals surface area contributed by atoms with Crippen LogP contribution in [0.3, 0.4) is 0 Å². The Hall–Kier alpha value is -2.61. The number of hydrogen-bond acceptors (Lipinski definition) is 5. The minimum atomic E-state index is -0.702. The summed E-state index contributed by atoms with van der Waals surface area (Å²) >= 11 is 0. The molecule has 4 rings (SSSR count). The molecule has 0 atom stereocenters. The Morgan fingerprint density at radius 3 is 2.27 bits per heavy atom. The van der Waals surface area contributed by atoms with Crippen LogP contribution in [-0.4, -0.2) is 90.6 Å². The van der Waals surface area contributed by atoms with E-state index in [-0.39, 0.29) is 24.3 Å². The van der Waals surface area contributed by atoms with Crippen LogP contribution in [0.4, 0.5) is 5.69 Å². The van der Waals surface area contributed by atoms with Crippen LogP contribution in [0.15, 0.2) is 30.3 Å². The van der Waals surface area contributed by atoms with Crippen LogP contribution >= 0.6 is 0 Å². The Balaban J connectivity index is 1.48. The number of anilines is 1. The quantitative estimate of drug-likeness (QED) is 0.588. The first-order valence-electron chi connectivity index (χ1n) is 12.3. The fourth-order valence-corrected chi connectivity index (χ4v) is 5.21. The van der Waals surface area contributed by atoms with Crippen LogP contribution in [0.25, 0.3) is 0 Å². The van der Waals surface area contributed by atoms with E-state index in [0.29, 0.717) is 65.3 Å². The molecule has 3 aliphatic rings. The molecule has 0 bridgehead atoms. The average molecular weight is 457 g/mol. The summed E-state index contributed by atoms with van der Waals surface area (Å²) in [6, 6.07) is 9.95. The number of rotatable bonds is 7. The van der Waals surface area contributed by atoms with Crippen molar-refractivity contribution in [3.05, 3.63) is 30.3 Å². The van der Waals surface area contributed by atoms with E-state index in [1.165, 1.54) is 0 Å². The van der Waals surface area contributed by atoms with Gasteiger partial charge in [-0.15, -0.1) is 0 Å². The summed E-state index contributed by atoms with van der Waals surface area (Å²) in [5, 5.41) is 0. The SMILES string of the molecule is CCCCCC(=O)N1CCC2(CC1)C(=O)N(CC(=O)N1CCOCC1)CN2c1ccccc1. The first-order valence-corrected chi connectivity index (χ1v) is 12.3. The number of carbonyl (C=O) groups is 3. The number of carbonyl (C=O) groups excluding carboxylic acids is 3. The molecule has 0 radical (unpaired) electrons. The molecule has 0 unspecified atom stereocenters. The highest BCUT2D eigenvalue weighted by Gasteiger charge is 2.54. The Bertz CT molecular complexity index is 832. The summed E-state index contributed by atoms with van der Waals surface area (Å²) in [5.41, 5.74) is 0.280. The van der Waals surface area contributed by atoms with Gasteiger partial charge >= 0.3 is 0 Å². The van der Waals surface area contributed by atoms with E-state index in [0.717, 1.165) is 24.9 Å². The highest BCUT2D eigenvalue weighted by atomic mass is 16.5. The molecule has 3 saturated heterocycles. The van der Waals surface area contributed by atoms with Crippen molar-refractivity contribution in [2.24, 2.45) is 0 Å². The monoisotopic (exact) mass is 456 g/mol. The maximum Gasteiger partial charge on any atom is 0.250 e. The molecule has 1 aromatic carbocycles. The van der Waals surface area contributed by atoms with Gasteiger partial charge in [0.2, 0.25) is 11.8 Å². The molecule has 33 heavy (non-hydrogen) atoms. The van der Waals surface area contributed by atoms with Gasteiger partial charge in [-0.3, -0.25) is 14.4 Å². The number of nitrogens with zero attached hydrogens (tertiary/aromatic N) is 4. The van der Waals surface area contributed by atoms with Crippen molar-refractivity contribution >= 4 is 23.4 Å². The third-order valence-electron chi connectivity index (χ3n) is 7.21. The predicted molar refractivity (Wildman–Crippen MR) is 126 cm³/mol. The zero-order valence-corrected chi connectivity index (χ0v) is 19.7. The van der Waals surface area contributed by atoms with Crippen molar-refractivity contribution in [1.82, 2.24) is 14.7 Å². The van der Waals surface area contributed by atoms with Crippen LogP contribution in [0.5, 0.6) is 0 Å². The largest absolute Gasteiger partial charge is 0.378 e. The number of para-hydroxylation sites is 1. The fourth-order valence-electron chi connectivity index (χ4n) is 5.21. The number of hydrogen-bond donors (Lipinski definition) is 0. The summed E-state index contributed by atoms with van der Waals surface area (Å²) in [6.45, 7) is 5.99. The second kappa shape index (κ2) is 10.5. The third-order valence-corrected chi connectivity index (χ3v) is 7.21. The second-order valence-electron chi connectivity index (χ2n) is 9.27. The van der Waals surface area contributed by atoms with Crippen LogP contribution in [0.2, 0.25) is 0 Å². The Morgan fingerprint density at radius 2 is 1.61 bits per heavy atom. The lowest BCUT2D eigenvalue weighted by Gasteiger charge is -2.43. The van der Waals surface area contributed by atoms with Crippen molar-refractivity contribution in [3.63, 3.8) is 0 Å². The molecule has 8 nitrogen and oxygen atoms in total. The third kappa shape index (κ3) is 5.00. The average Bonchev–Trinajstić information content (AvgIpc) is 3.11. The fraction of sp³-hybridized carbons (Fsp3) is 0.640. The molecule has 8 heteroatoms. The van der Waals surface area contributed by atoms with Gasteiger partial charge in [-0.2, -0.15) is 0 Å². The number of benzene rings is 1. The standard InChI is InChI=1S/C25H36N4O4/c1-2-3-5-10-22(30)26-13-11-25(12-14-26)24(32)28(19-23(31)27-15-17-33-18-16-27)20-29(25)21-8-6-4-7-9-21/h4,6-9H,2-3,5,10-20H2,1H3. The highest BCUT2D eigenvalue weighted by Crippen LogP contribution is 2.39. The Kier molecular flexibility index (Phi) is 7.53. The molecule has 3 amide bonds. The lowest BCUT2D eigenvalue weighted by Crippen LogP contribution is -2.57. The van der Waals surface area contributed by atoms with Crippen molar-refractivity contribution < 1.29 is 19.1 Å². The maximum absolute atomic E-state index is 13.8. The smallest absolute Gasteiger partial charge is 0.250 e. The second-order valence-corrected chi connectivity index (χ2v) is 9.27. The molecule has 3 aliphatic heterocycles. The number of piperidine rings is 1. The first kappa shape index (κ1) is 23.5. The van der Waals surface area contributed by atoms with Gasteiger partial charge < -0.3 is 24.3 Å². The van der Waals surface area contributed by atoms with Gasteiger partial charge in [-0.05, 0) is 31.4 Å². The van der Waals surface area contributed by atoms with Gasteiger partial charge in [-0.1, -0.05) is 38.0 Å². The lowest BCUT2D eigenvalue weighted by molar-refractivity contribution is -0.143. The lowest BCUT2D eigenvalue weighted by atomic mass is 9.85. The topological polar surface area (TPSA) is 73.4 Å². The van der Waals surface area contributed by atoms with Crippen molar-refractivity contribution in [2.45, 2.75) is 51.0 Å². The normalized spacial score (nSPS) is 20.6. The summed E-state index contributed by atoms with van der Waals surface area (Å²) in [6.07, 6.45) is 4.83. The van der Waals surface area contributed by atoms with E-state index in [9.17, 15) is 14.4 Å². The predicted octanol–water partition coefficient (Wildman–Crippen LogP) is 2.09. The van der Waals surface area contributed by atoms with Gasteiger partial charge in [0.05, 0.1) is 19.9 Å². The molecule has 3 fully saturated rings. The minimum absolute atomic E-state index is 0.00560. The Labute approximate surface area is 196 Å². The summed E-state index contributed by atoms with van der Waals surface area (Å²) in [7, 11) is 0. The van der Waals surface area contributed by atoms with E-state index in [1.807, 2.05) is 35.2 Å². The highest BCUT2D eigenvalue weighted by molar-refractivity contribution is 5.96. The van der Waals surface area contributed by atoms with Gasteiger partial charge in [-0.25, -0.2) is 0 Å². The molecule has 3 heterocycles. The van der Waals surface area contributed by atoms with Gasteiger partial charge in [0.25, 0.3) is 5.91 Å². The van der Waals surface area contributed by atoms with E-state index in [2.05, 4.69) is 11.8 Å². The number of ether oxygens (including phenoxy) is 1. The molecule has 0 aliphatic carbocycles.